The van der Waals surface area contributed by atoms with E-state index in [1.165, 1.54) is 0 Å². The van der Waals surface area contributed by atoms with E-state index < -0.39 is 0 Å². The Morgan fingerprint density at radius 2 is 1.88 bits per heavy atom. The number of benzene rings is 1. The lowest BCUT2D eigenvalue weighted by atomic mass is 9.67. The normalized spacial score (nSPS) is 26.1. The zero-order valence-electron chi connectivity index (χ0n) is 14.9. The maximum atomic E-state index is 12.3. The number of carbonyl (C=O) groups is 3. The fraction of sp³-hybridized carbons (Fsp3) is 0.550. The van der Waals surface area contributed by atoms with Gasteiger partial charge >= 0.3 is 5.97 Å². The van der Waals surface area contributed by atoms with Crippen molar-refractivity contribution in [1.82, 2.24) is 5.32 Å². The molecule has 1 aromatic rings. The highest BCUT2D eigenvalue weighted by molar-refractivity contribution is 6.31. The average Bonchev–Trinajstić information content (AvgIpc) is 2.59. The Morgan fingerprint density at radius 1 is 1.23 bits per heavy atom. The summed E-state index contributed by atoms with van der Waals surface area (Å²) in [5, 5.41) is 3.37. The van der Waals surface area contributed by atoms with Crippen LogP contribution in [0.1, 0.15) is 50.6 Å². The SMILES string of the molecule is C[C@@H](NC(=O)COC(=O)C1C[C@H]2CCC[C@@H](C1)C2=O)c1ccccc1Cl. The van der Waals surface area contributed by atoms with Crippen molar-refractivity contribution in [2.75, 3.05) is 6.61 Å². The highest BCUT2D eigenvalue weighted by Crippen LogP contribution is 2.40. The number of amides is 1. The fourth-order valence-electron chi connectivity index (χ4n) is 4.11. The second kappa shape index (κ2) is 8.21. The molecule has 0 radical (unpaired) electrons. The van der Waals surface area contributed by atoms with Crippen molar-refractivity contribution in [3.05, 3.63) is 34.9 Å². The van der Waals surface area contributed by atoms with Gasteiger partial charge in [-0.1, -0.05) is 36.2 Å². The van der Waals surface area contributed by atoms with Crippen LogP contribution in [0.15, 0.2) is 24.3 Å². The minimum atomic E-state index is -0.366. The molecular formula is C20H24ClNO4. The number of fused-ring (bicyclic) bond motifs is 2. The molecule has 6 heteroatoms. The topological polar surface area (TPSA) is 72.5 Å². The molecule has 2 saturated carbocycles. The van der Waals surface area contributed by atoms with Gasteiger partial charge in [0.25, 0.3) is 5.91 Å². The van der Waals surface area contributed by atoms with E-state index in [4.69, 9.17) is 16.3 Å². The first-order valence-electron chi connectivity index (χ1n) is 9.20. The summed E-state index contributed by atoms with van der Waals surface area (Å²) in [5.41, 5.74) is 0.812. The zero-order valence-corrected chi connectivity index (χ0v) is 15.6. The largest absolute Gasteiger partial charge is 0.455 e. The Bertz CT molecular complexity index is 689. The molecule has 0 spiro atoms. The number of Topliss-reactive ketones (excluding diaryl/α,β-unsaturated/α-hetero) is 1. The summed E-state index contributed by atoms with van der Waals surface area (Å²) in [5.74, 6) is -0.695. The number of ether oxygens (including phenoxy) is 1. The van der Waals surface area contributed by atoms with Crippen LogP contribution in [0.5, 0.6) is 0 Å². The van der Waals surface area contributed by atoms with E-state index >= 15 is 0 Å². The van der Waals surface area contributed by atoms with Crippen molar-refractivity contribution in [1.29, 1.82) is 0 Å². The van der Waals surface area contributed by atoms with Crippen molar-refractivity contribution in [2.45, 2.75) is 45.1 Å². The van der Waals surface area contributed by atoms with Crippen molar-refractivity contribution >= 4 is 29.3 Å². The van der Waals surface area contributed by atoms with Gasteiger partial charge in [0, 0.05) is 16.9 Å². The summed E-state index contributed by atoms with van der Waals surface area (Å²) >= 11 is 6.13. The molecule has 2 fully saturated rings. The maximum absolute atomic E-state index is 12.3. The number of ketones is 1. The summed E-state index contributed by atoms with van der Waals surface area (Å²) in [6.07, 6.45) is 3.92. The molecule has 140 valence electrons. The molecule has 0 heterocycles. The van der Waals surface area contributed by atoms with Gasteiger partial charge in [-0.15, -0.1) is 0 Å². The van der Waals surface area contributed by atoms with E-state index in [1.54, 1.807) is 6.07 Å². The minimum absolute atomic E-state index is 0.00544. The molecule has 3 rings (SSSR count). The van der Waals surface area contributed by atoms with E-state index in [0.717, 1.165) is 24.8 Å². The Balaban J connectivity index is 1.48. The van der Waals surface area contributed by atoms with Crippen molar-refractivity contribution < 1.29 is 19.1 Å². The summed E-state index contributed by atoms with van der Waals surface area (Å²) in [7, 11) is 0. The van der Waals surface area contributed by atoms with Gasteiger partial charge in [-0.05, 0) is 44.2 Å². The molecule has 0 saturated heterocycles. The van der Waals surface area contributed by atoms with Crippen molar-refractivity contribution in [2.24, 2.45) is 17.8 Å². The molecule has 2 aliphatic rings. The number of hydrogen-bond donors (Lipinski definition) is 1. The molecule has 1 aromatic carbocycles. The molecule has 4 atom stereocenters. The molecule has 1 unspecified atom stereocenters. The van der Waals surface area contributed by atoms with E-state index in [0.29, 0.717) is 23.6 Å². The smallest absolute Gasteiger partial charge is 0.309 e. The predicted octanol–water partition coefficient (Wildman–Crippen LogP) is 3.46. The second-order valence-corrected chi connectivity index (χ2v) is 7.72. The van der Waals surface area contributed by atoms with E-state index in [2.05, 4.69) is 5.32 Å². The van der Waals surface area contributed by atoms with E-state index in [-0.39, 0.29) is 42.3 Å². The van der Waals surface area contributed by atoms with Gasteiger partial charge in [0.05, 0.1) is 12.0 Å². The molecule has 0 aromatic heterocycles. The van der Waals surface area contributed by atoms with Gasteiger partial charge in [-0.3, -0.25) is 14.4 Å². The van der Waals surface area contributed by atoms with E-state index in [1.807, 2.05) is 25.1 Å². The van der Waals surface area contributed by atoms with Gasteiger partial charge in [-0.25, -0.2) is 0 Å². The Labute approximate surface area is 158 Å². The lowest BCUT2D eigenvalue weighted by Gasteiger charge is -2.36. The van der Waals surface area contributed by atoms with Crippen LogP contribution in [0.2, 0.25) is 5.02 Å². The fourth-order valence-corrected chi connectivity index (χ4v) is 4.41. The molecule has 0 aliphatic heterocycles. The Hall–Kier alpha value is -1.88. The van der Waals surface area contributed by atoms with Crippen LogP contribution in [0.25, 0.3) is 0 Å². The van der Waals surface area contributed by atoms with Gasteiger partial charge in [0.15, 0.2) is 6.61 Å². The molecule has 1 N–H and O–H groups in total. The summed E-state index contributed by atoms with van der Waals surface area (Å²) in [4.78, 5) is 36.5. The van der Waals surface area contributed by atoms with Crippen LogP contribution in [-0.2, 0) is 19.1 Å². The predicted molar refractivity (Wildman–Crippen MR) is 97.5 cm³/mol. The molecular weight excluding hydrogens is 354 g/mol. The average molecular weight is 378 g/mol. The molecule has 2 aliphatic carbocycles. The lowest BCUT2D eigenvalue weighted by Crippen LogP contribution is -2.40. The number of esters is 1. The van der Waals surface area contributed by atoms with Crippen LogP contribution in [0, 0.1) is 17.8 Å². The summed E-state index contributed by atoms with van der Waals surface area (Å²) in [6, 6.07) is 7.01. The van der Waals surface area contributed by atoms with E-state index in [9.17, 15) is 14.4 Å². The molecule has 1 amide bonds. The molecule has 26 heavy (non-hydrogen) atoms. The first kappa shape index (κ1) is 18.9. The number of carbonyl (C=O) groups excluding carboxylic acids is 3. The maximum Gasteiger partial charge on any atom is 0.309 e. The minimum Gasteiger partial charge on any atom is -0.455 e. The quantitative estimate of drug-likeness (QED) is 0.797. The third kappa shape index (κ3) is 4.26. The van der Waals surface area contributed by atoms with Crippen molar-refractivity contribution in [3.63, 3.8) is 0 Å². The third-order valence-corrected chi connectivity index (χ3v) is 5.82. The highest BCUT2D eigenvalue weighted by Gasteiger charge is 2.41. The van der Waals surface area contributed by atoms with Crippen LogP contribution < -0.4 is 5.32 Å². The molecule has 2 bridgehead atoms. The van der Waals surface area contributed by atoms with Crippen LogP contribution in [0.4, 0.5) is 0 Å². The summed E-state index contributed by atoms with van der Waals surface area (Å²) in [6.45, 7) is 1.52. The first-order valence-corrected chi connectivity index (χ1v) is 9.57. The lowest BCUT2D eigenvalue weighted by molar-refractivity contribution is -0.156. The highest BCUT2D eigenvalue weighted by atomic mass is 35.5. The number of rotatable bonds is 5. The number of hydrogen-bond acceptors (Lipinski definition) is 4. The summed E-state index contributed by atoms with van der Waals surface area (Å²) < 4.78 is 5.22. The van der Waals surface area contributed by atoms with Gasteiger partial charge in [-0.2, -0.15) is 0 Å². The third-order valence-electron chi connectivity index (χ3n) is 5.48. The first-order chi connectivity index (χ1) is 12.5. The van der Waals surface area contributed by atoms with Crippen LogP contribution in [0.3, 0.4) is 0 Å². The Morgan fingerprint density at radius 3 is 2.54 bits per heavy atom. The number of halogens is 1. The molecule has 5 nitrogen and oxygen atoms in total. The van der Waals surface area contributed by atoms with Gasteiger partial charge in [0.1, 0.15) is 5.78 Å². The number of nitrogens with one attached hydrogen (secondary N) is 1. The monoisotopic (exact) mass is 377 g/mol. The second-order valence-electron chi connectivity index (χ2n) is 7.31. The van der Waals surface area contributed by atoms with Crippen LogP contribution in [-0.4, -0.2) is 24.3 Å². The van der Waals surface area contributed by atoms with Gasteiger partial charge in [0.2, 0.25) is 0 Å². The standard InChI is InChI=1S/C20H24ClNO4/c1-12(16-7-2-3-8-17(16)21)22-18(23)11-26-20(25)15-9-13-5-4-6-14(10-15)19(13)24/h2-3,7-8,12-15H,4-6,9-11H2,1H3,(H,22,23)/t12-,13-,14+,15?/m1/s1. The van der Waals surface area contributed by atoms with Crippen molar-refractivity contribution in [3.8, 4) is 0 Å². The Kier molecular flexibility index (Phi) is 5.97. The zero-order chi connectivity index (χ0) is 18.7. The van der Waals surface area contributed by atoms with Gasteiger partial charge < -0.3 is 10.1 Å². The van der Waals surface area contributed by atoms with Crippen LogP contribution >= 0.6 is 11.6 Å².